The van der Waals surface area contributed by atoms with Gasteiger partial charge in [0.2, 0.25) is 5.75 Å². The fourth-order valence-corrected chi connectivity index (χ4v) is 2.59. The Morgan fingerprint density at radius 2 is 1.50 bits per heavy atom. The molecule has 0 spiro atoms. The number of hydrazone groups is 1. The van der Waals surface area contributed by atoms with Gasteiger partial charge in [0, 0.05) is 5.56 Å². The molecule has 0 fully saturated rings. The first-order valence-corrected chi connectivity index (χ1v) is 9.61. The summed E-state index contributed by atoms with van der Waals surface area (Å²) in [5.74, 6) is 1.09. The largest absolute Gasteiger partial charge is 0.490 e. The Labute approximate surface area is 166 Å². The average molecular weight is 384 g/mol. The molecule has 0 saturated carbocycles. The summed E-state index contributed by atoms with van der Waals surface area (Å²) in [5, 5.41) is 4.05. The maximum Gasteiger partial charge on any atom is 0.271 e. The van der Waals surface area contributed by atoms with E-state index in [1.54, 1.807) is 18.3 Å². The van der Waals surface area contributed by atoms with Crippen molar-refractivity contribution in [3.63, 3.8) is 0 Å². The molecule has 0 aliphatic rings. The molecule has 1 amide bonds. The maximum absolute atomic E-state index is 12.5. The number of ether oxygens (including phenoxy) is 3. The molecular formula is C22H28N2O4. The van der Waals surface area contributed by atoms with Crippen molar-refractivity contribution in [1.29, 1.82) is 0 Å². The first-order valence-electron chi connectivity index (χ1n) is 9.61. The number of hydrogen-bond donors (Lipinski definition) is 1. The van der Waals surface area contributed by atoms with Crippen LogP contribution in [0, 0.1) is 0 Å². The SMILES string of the molecule is CCOc1cc(C(=O)N/N=C\c2ccc(CC)cc2)cc(OCC)c1OCC. The van der Waals surface area contributed by atoms with E-state index in [1.807, 2.05) is 45.0 Å². The molecule has 6 heteroatoms. The van der Waals surface area contributed by atoms with Crippen LogP contribution in [-0.4, -0.2) is 31.9 Å². The molecule has 28 heavy (non-hydrogen) atoms. The van der Waals surface area contributed by atoms with Crippen LogP contribution in [0.3, 0.4) is 0 Å². The van der Waals surface area contributed by atoms with Crippen LogP contribution in [-0.2, 0) is 6.42 Å². The van der Waals surface area contributed by atoms with E-state index in [0.717, 1.165) is 12.0 Å². The summed E-state index contributed by atoms with van der Waals surface area (Å²) >= 11 is 0. The Hall–Kier alpha value is -3.02. The highest BCUT2D eigenvalue weighted by molar-refractivity contribution is 5.96. The van der Waals surface area contributed by atoms with Gasteiger partial charge in [-0.05, 0) is 50.5 Å². The van der Waals surface area contributed by atoms with Crippen LogP contribution >= 0.6 is 0 Å². The molecular weight excluding hydrogens is 356 g/mol. The molecule has 0 unspecified atom stereocenters. The smallest absolute Gasteiger partial charge is 0.271 e. The summed E-state index contributed by atoms with van der Waals surface area (Å²) in [6.45, 7) is 9.09. The maximum atomic E-state index is 12.5. The topological polar surface area (TPSA) is 69.2 Å². The van der Waals surface area contributed by atoms with Crippen molar-refractivity contribution in [2.75, 3.05) is 19.8 Å². The number of hydrogen-bond acceptors (Lipinski definition) is 5. The summed E-state index contributed by atoms with van der Waals surface area (Å²) in [6.07, 6.45) is 2.59. The summed E-state index contributed by atoms with van der Waals surface area (Å²) < 4.78 is 16.9. The normalized spacial score (nSPS) is 10.7. The summed E-state index contributed by atoms with van der Waals surface area (Å²) in [5.41, 5.74) is 5.09. The van der Waals surface area contributed by atoms with Crippen LogP contribution in [0.2, 0.25) is 0 Å². The third kappa shape index (κ3) is 5.74. The van der Waals surface area contributed by atoms with Crippen molar-refractivity contribution in [2.24, 2.45) is 5.10 Å². The highest BCUT2D eigenvalue weighted by Gasteiger charge is 2.18. The van der Waals surface area contributed by atoms with E-state index in [9.17, 15) is 4.79 Å². The number of rotatable bonds is 10. The van der Waals surface area contributed by atoms with Gasteiger partial charge in [0.1, 0.15) is 0 Å². The molecule has 2 aromatic carbocycles. The zero-order valence-electron chi connectivity index (χ0n) is 17.0. The summed E-state index contributed by atoms with van der Waals surface area (Å²) in [4.78, 5) is 12.5. The van der Waals surface area contributed by atoms with E-state index in [-0.39, 0.29) is 5.91 Å². The van der Waals surface area contributed by atoms with Crippen LogP contribution in [0.4, 0.5) is 0 Å². The van der Waals surface area contributed by atoms with Crippen molar-refractivity contribution in [1.82, 2.24) is 5.43 Å². The third-order valence-electron chi connectivity index (χ3n) is 3.94. The van der Waals surface area contributed by atoms with Crippen LogP contribution in [0.25, 0.3) is 0 Å². The van der Waals surface area contributed by atoms with Crippen molar-refractivity contribution < 1.29 is 19.0 Å². The van der Waals surface area contributed by atoms with Gasteiger partial charge in [-0.2, -0.15) is 5.10 Å². The van der Waals surface area contributed by atoms with E-state index in [4.69, 9.17) is 14.2 Å². The zero-order chi connectivity index (χ0) is 20.4. The first-order chi connectivity index (χ1) is 13.6. The predicted molar refractivity (Wildman–Crippen MR) is 111 cm³/mol. The second-order valence-corrected chi connectivity index (χ2v) is 5.89. The average Bonchev–Trinajstić information content (AvgIpc) is 2.71. The molecule has 6 nitrogen and oxygen atoms in total. The van der Waals surface area contributed by atoms with E-state index in [1.165, 1.54) is 5.56 Å². The van der Waals surface area contributed by atoms with E-state index in [0.29, 0.717) is 42.6 Å². The highest BCUT2D eigenvalue weighted by atomic mass is 16.5. The molecule has 0 saturated heterocycles. The number of aryl methyl sites for hydroxylation is 1. The third-order valence-corrected chi connectivity index (χ3v) is 3.94. The van der Waals surface area contributed by atoms with Gasteiger partial charge in [-0.3, -0.25) is 4.79 Å². The van der Waals surface area contributed by atoms with Gasteiger partial charge in [0.05, 0.1) is 26.0 Å². The fraction of sp³-hybridized carbons (Fsp3) is 0.364. The molecule has 0 radical (unpaired) electrons. The Balaban J connectivity index is 2.19. The van der Waals surface area contributed by atoms with E-state index < -0.39 is 0 Å². The molecule has 0 bridgehead atoms. The lowest BCUT2D eigenvalue weighted by Crippen LogP contribution is -2.18. The first kappa shape index (κ1) is 21.3. The van der Waals surface area contributed by atoms with Crippen LogP contribution < -0.4 is 19.6 Å². The zero-order valence-corrected chi connectivity index (χ0v) is 17.0. The van der Waals surface area contributed by atoms with Crippen molar-refractivity contribution in [3.05, 3.63) is 53.1 Å². The predicted octanol–water partition coefficient (Wildman–Crippen LogP) is 4.21. The van der Waals surface area contributed by atoms with Crippen LogP contribution in [0.5, 0.6) is 17.2 Å². The standard InChI is InChI=1S/C22H28N2O4/c1-5-16-9-11-17(12-10-16)15-23-24-22(25)18-13-19(26-6-2)21(28-8-4)20(14-18)27-7-3/h9-15H,5-8H2,1-4H3,(H,24,25)/b23-15-. The molecule has 150 valence electrons. The van der Waals surface area contributed by atoms with Crippen molar-refractivity contribution >= 4 is 12.1 Å². The minimum atomic E-state index is -0.355. The highest BCUT2D eigenvalue weighted by Crippen LogP contribution is 2.39. The van der Waals surface area contributed by atoms with Gasteiger partial charge >= 0.3 is 0 Å². The molecule has 0 aromatic heterocycles. The second-order valence-electron chi connectivity index (χ2n) is 5.89. The van der Waals surface area contributed by atoms with E-state index >= 15 is 0 Å². The summed E-state index contributed by atoms with van der Waals surface area (Å²) in [6, 6.07) is 11.3. The monoisotopic (exact) mass is 384 g/mol. The van der Waals surface area contributed by atoms with Crippen molar-refractivity contribution in [2.45, 2.75) is 34.1 Å². The number of carbonyl (C=O) groups is 1. The number of nitrogens with one attached hydrogen (secondary N) is 1. The number of amides is 1. The molecule has 1 N–H and O–H groups in total. The molecule has 0 aliphatic carbocycles. The lowest BCUT2D eigenvalue weighted by molar-refractivity contribution is 0.0954. The van der Waals surface area contributed by atoms with Gasteiger partial charge < -0.3 is 14.2 Å². The fourth-order valence-electron chi connectivity index (χ4n) is 2.59. The van der Waals surface area contributed by atoms with E-state index in [2.05, 4.69) is 17.5 Å². The number of nitrogens with zero attached hydrogens (tertiary/aromatic N) is 1. The quantitative estimate of drug-likeness (QED) is 0.492. The minimum Gasteiger partial charge on any atom is -0.490 e. The Bertz CT molecular complexity index is 774. The van der Waals surface area contributed by atoms with Crippen LogP contribution in [0.15, 0.2) is 41.5 Å². The van der Waals surface area contributed by atoms with Gasteiger partial charge in [-0.1, -0.05) is 31.2 Å². The van der Waals surface area contributed by atoms with Gasteiger partial charge in [0.15, 0.2) is 11.5 Å². The van der Waals surface area contributed by atoms with Gasteiger partial charge in [-0.25, -0.2) is 5.43 Å². The van der Waals surface area contributed by atoms with Gasteiger partial charge in [-0.15, -0.1) is 0 Å². The number of carbonyl (C=O) groups excluding carboxylic acids is 1. The number of benzene rings is 2. The molecule has 2 rings (SSSR count). The lowest BCUT2D eigenvalue weighted by atomic mass is 10.1. The summed E-state index contributed by atoms with van der Waals surface area (Å²) in [7, 11) is 0. The molecule has 2 aromatic rings. The Morgan fingerprint density at radius 1 is 0.929 bits per heavy atom. The Kier molecular flexibility index (Phi) is 8.34. The van der Waals surface area contributed by atoms with Gasteiger partial charge in [0.25, 0.3) is 5.91 Å². The molecule has 0 aliphatic heterocycles. The minimum absolute atomic E-state index is 0.355. The molecule has 0 atom stereocenters. The Morgan fingerprint density at radius 3 is 2.00 bits per heavy atom. The lowest BCUT2D eigenvalue weighted by Gasteiger charge is -2.16. The van der Waals surface area contributed by atoms with Crippen molar-refractivity contribution in [3.8, 4) is 17.2 Å². The molecule has 0 heterocycles. The second kappa shape index (κ2) is 11.0. The van der Waals surface area contributed by atoms with Crippen LogP contribution in [0.1, 0.15) is 49.2 Å².